The van der Waals surface area contributed by atoms with Gasteiger partial charge < -0.3 is 10.5 Å². The maximum atomic E-state index is 5.78. The van der Waals surface area contributed by atoms with Crippen molar-refractivity contribution in [2.24, 2.45) is 0 Å². The van der Waals surface area contributed by atoms with E-state index >= 15 is 0 Å². The average Bonchev–Trinajstić information content (AvgIpc) is 2.81. The number of aryl methyl sites for hydroxylation is 1. The summed E-state index contributed by atoms with van der Waals surface area (Å²) in [5.74, 6) is 2.57. The quantitative estimate of drug-likeness (QED) is 0.680. The van der Waals surface area contributed by atoms with Gasteiger partial charge in [0.2, 0.25) is 0 Å². The van der Waals surface area contributed by atoms with Gasteiger partial charge in [-0.2, -0.15) is 0 Å². The van der Waals surface area contributed by atoms with Crippen LogP contribution in [0.25, 0.3) is 0 Å². The van der Waals surface area contributed by atoms with E-state index in [1.54, 1.807) is 0 Å². The smallest absolute Gasteiger partial charge is 0.122 e. The molecule has 0 aliphatic carbocycles. The van der Waals surface area contributed by atoms with E-state index in [4.69, 9.17) is 10.5 Å². The van der Waals surface area contributed by atoms with E-state index < -0.39 is 0 Å². The summed E-state index contributed by atoms with van der Waals surface area (Å²) in [4.78, 5) is 1.30. The number of ether oxygens (including phenoxy) is 1. The summed E-state index contributed by atoms with van der Waals surface area (Å²) < 4.78 is 5.72. The topological polar surface area (TPSA) is 35.2 Å². The third-order valence-corrected chi connectivity index (χ3v) is 4.78. The van der Waals surface area contributed by atoms with E-state index in [-0.39, 0.29) is 0 Å². The third-order valence-electron chi connectivity index (χ3n) is 3.44. The normalized spacial score (nSPS) is 17.0. The molecular formula is C16H17NOS. The van der Waals surface area contributed by atoms with Crippen molar-refractivity contribution in [1.29, 1.82) is 0 Å². The highest BCUT2D eigenvalue weighted by Gasteiger charge is 2.23. The molecule has 0 amide bonds. The van der Waals surface area contributed by atoms with E-state index in [1.165, 1.54) is 16.0 Å². The number of hydrogen-bond acceptors (Lipinski definition) is 3. The molecule has 1 heterocycles. The van der Waals surface area contributed by atoms with Gasteiger partial charge in [0.25, 0.3) is 0 Å². The second-order valence-corrected chi connectivity index (χ2v) is 5.94. The molecule has 2 nitrogen and oxygen atoms in total. The number of rotatable bonds is 3. The second kappa shape index (κ2) is 5.17. The molecule has 1 atom stereocenters. The van der Waals surface area contributed by atoms with Crippen molar-refractivity contribution in [1.82, 2.24) is 0 Å². The molecule has 1 unspecified atom stereocenters. The van der Waals surface area contributed by atoms with Crippen molar-refractivity contribution in [3.63, 3.8) is 0 Å². The van der Waals surface area contributed by atoms with Gasteiger partial charge in [0, 0.05) is 27.8 Å². The fourth-order valence-electron chi connectivity index (χ4n) is 2.39. The summed E-state index contributed by atoms with van der Waals surface area (Å²) in [6.07, 6.45) is 0. The number of nitrogens with two attached hydrogens (primary N) is 1. The Balaban J connectivity index is 1.71. The molecule has 1 aliphatic rings. The zero-order chi connectivity index (χ0) is 13.2. The first-order chi connectivity index (χ1) is 9.24. The van der Waals surface area contributed by atoms with Gasteiger partial charge in [0.15, 0.2) is 0 Å². The predicted octanol–water partition coefficient (Wildman–Crippen LogP) is 3.85. The highest BCUT2D eigenvalue weighted by atomic mass is 32.2. The number of hydrogen-bond donors (Lipinski definition) is 1. The SMILES string of the molecule is Cc1cc(N)ccc1SCC1COc2ccccc21. The molecule has 19 heavy (non-hydrogen) atoms. The van der Waals surface area contributed by atoms with Crippen molar-refractivity contribution in [2.75, 3.05) is 18.1 Å². The highest BCUT2D eigenvalue weighted by Crippen LogP contribution is 2.37. The largest absolute Gasteiger partial charge is 0.493 e. The molecule has 98 valence electrons. The number of nitrogen functional groups attached to an aromatic ring is 1. The molecule has 0 bridgehead atoms. The first-order valence-corrected chi connectivity index (χ1v) is 7.43. The van der Waals surface area contributed by atoms with Crippen LogP contribution in [0.15, 0.2) is 47.4 Å². The average molecular weight is 271 g/mol. The van der Waals surface area contributed by atoms with Gasteiger partial charge in [-0.3, -0.25) is 0 Å². The van der Waals surface area contributed by atoms with E-state index in [0.717, 1.165) is 23.8 Å². The summed E-state index contributed by atoms with van der Waals surface area (Å²) in [7, 11) is 0. The molecule has 0 saturated carbocycles. The van der Waals surface area contributed by atoms with Gasteiger partial charge in [-0.05, 0) is 36.8 Å². The van der Waals surface area contributed by atoms with Crippen LogP contribution in [-0.4, -0.2) is 12.4 Å². The molecule has 0 aromatic heterocycles. The maximum Gasteiger partial charge on any atom is 0.122 e. The minimum absolute atomic E-state index is 0.484. The third kappa shape index (κ3) is 2.56. The molecule has 2 N–H and O–H groups in total. The summed E-state index contributed by atoms with van der Waals surface area (Å²) in [6.45, 7) is 2.90. The van der Waals surface area contributed by atoms with Gasteiger partial charge in [-0.15, -0.1) is 11.8 Å². The van der Waals surface area contributed by atoms with Crippen LogP contribution >= 0.6 is 11.8 Å². The summed E-state index contributed by atoms with van der Waals surface area (Å²) >= 11 is 1.88. The van der Waals surface area contributed by atoms with Crippen molar-refractivity contribution in [3.05, 3.63) is 53.6 Å². The summed E-state index contributed by atoms with van der Waals surface area (Å²) in [5, 5.41) is 0. The number of benzene rings is 2. The summed E-state index contributed by atoms with van der Waals surface area (Å²) in [5.41, 5.74) is 9.19. The Labute approximate surface area is 118 Å². The number of thioether (sulfide) groups is 1. The molecule has 3 rings (SSSR count). The first kappa shape index (κ1) is 12.4. The van der Waals surface area contributed by atoms with E-state index in [9.17, 15) is 0 Å². The van der Waals surface area contributed by atoms with Crippen molar-refractivity contribution in [2.45, 2.75) is 17.7 Å². The minimum atomic E-state index is 0.484. The van der Waals surface area contributed by atoms with Gasteiger partial charge in [-0.25, -0.2) is 0 Å². The van der Waals surface area contributed by atoms with Crippen molar-refractivity contribution < 1.29 is 4.74 Å². The van der Waals surface area contributed by atoms with Crippen LogP contribution in [0.5, 0.6) is 5.75 Å². The van der Waals surface area contributed by atoms with Crippen LogP contribution in [0.1, 0.15) is 17.0 Å². The minimum Gasteiger partial charge on any atom is -0.493 e. The Hall–Kier alpha value is -1.61. The molecule has 0 saturated heterocycles. The zero-order valence-electron chi connectivity index (χ0n) is 10.9. The molecule has 0 radical (unpaired) electrons. The molecular weight excluding hydrogens is 254 g/mol. The molecule has 2 aromatic carbocycles. The maximum absolute atomic E-state index is 5.78. The summed E-state index contributed by atoms with van der Waals surface area (Å²) in [6, 6.07) is 14.4. The lowest BCUT2D eigenvalue weighted by atomic mass is 10.0. The highest BCUT2D eigenvalue weighted by molar-refractivity contribution is 7.99. The number of anilines is 1. The second-order valence-electron chi connectivity index (χ2n) is 4.88. The first-order valence-electron chi connectivity index (χ1n) is 6.44. The molecule has 3 heteroatoms. The van der Waals surface area contributed by atoms with Crippen LogP contribution in [0.2, 0.25) is 0 Å². The number of fused-ring (bicyclic) bond motifs is 1. The molecule has 2 aromatic rings. The lowest BCUT2D eigenvalue weighted by Crippen LogP contribution is -2.03. The lowest BCUT2D eigenvalue weighted by Gasteiger charge is -2.10. The van der Waals surface area contributed by atoms with Gasteiger partial charge in [0.05, 0.1) is 6.61 Å². The van der Waals surface area contributed by atoms with Crippen molar-refractivity contribution >= 4 is 17.4 Å². The Morgan fingerprint density at radius 3 is 2.95 bits per heavy atom. The van der Waals surface area contributed by atoms with Crippen LogP contribution < -0.4 is 10.5 Å². The van der Waals surface area contributed by atoms with Crippen LogP contribution in [0, 0.1) is 6.92 Å². The molecule has 1 aliphatic heterocycles. The van der Waals surface area contributed by atoms with Crippen LogP contribution in [0.4, 0.5) is 5.69 Å². The van der Waals surface area contributed by atoms with Crippen molar-refractivity contribution in [3.8, 4) is 5.75 Å². The van der Waals surface area contributed by atoms with E-state index in [1.807, 2.05) is 30.0 Å². The Kier molecular flexibility index (Phi) is 3.38. The van der Waals surface area contributed by atoms with Crippen LogP contribution in [-0.2, 0) is 0 Å². The van der Waals surface area contributed by atoms with E-state index in [2.05, 4.69) is 31.2 Å². The zero-order valence-corrected chi connectivity index (χ0v) is 11.7. The fourth-order valence-corrected chi connectivity index (χ4v) is 3.50. The monoisotopic (exact) mass is 271 g/mol. The van der Waals surface area contributed by atoms with Gasteiger partial charge in [0.1, 0.15) is 5.75 Å². The Bertz CT molecular complexity index is 597. The standard InChI is InChI=1S/C16H17NOS/c1-11-8-13(17)6-7-16(11)19-10-12-9-18-15-5-3-2-4-14(12)15/h2-8,12H,9-10,17H2,1H3. The number of para-hydroxylation sites is 1. The lowest BCUT2D eigenvalue weighted by molar-refractivity contribution is 0.339. The Morgan fingerprint density at radius 1 is 1.26 bits per heavy atom. The fraction of sp³-hybridized carbons (Fsp3) is 0.250. The molecule has 0 spiro atoms. The van der Waals surface area contributed by atoms with Gasteiger partial charge in [-0.1, -0.05) is 18.2 Å². The van der Waals surface area contributed by atoms with Crippen LogP contribution in [0.3, 0.4) is 0 Å². The molecule has 0 fully saturated rings. The Morgan fingerprint density at radius 2 is 2.11 bits per heavy atom. The predicted molar refractivity (Wildman–Crippen MR) is 81.0 cm³/mol. The van der Waals surface area contributed by atoms with Gasteiger partial charge >= 0.3 is 0 Å². The van der Waals surface area contributed by atoms with E-state index in [0.29, 0.717) is 5.92 Å².